The maximum absolute atomic E-state index is 12.1. The van der Waals surface area contributed by atoms with E-state index < -0.39 is 11.4 Å². The monoisotopic (exact) mass is 269 g/mol. The molecule has 1 fully saturated rings. The summed E-state index contributed by atoms with van der Waals surface area (Å²) >= 11 is 1.63. The minimum atomic E-state index is -1.36. The van der Waals surface area contributed by atoms with Gasteiger partial charge in [-0.25, -0.2) is 0 Å². The molecule has 0 radical (unpaired) electrons. The van der Waals surface area contributed by atoms with Crippen LogP contribution in [0.4, 0.5) is 0 Å². The van der Waals surface area contributed by atoms with Crippen LogP contribution in [0.15, 0.2) is 17.5 Å². The smallest absolute Gasteiger partial charge is 0.324 e. The molecular weight excluding hydrogens is 254 g/mol. The first-order chi connectivity index (χ1) is 8.56. The van der Waals surface area contributed by atoms with Crippen LogP contribution >= 0.6 is 11.3 Å². The van der Waals surface area contributed by atoms with Crippen LogP contribution in [0.3, 0.4) is 0 Å². The van der Waals surface area contributed by atoms with Gasteiger partial charge in [0.25, 0.3) is 0 Å². The molecule has 6 heteroatoms. The third-order valence-electron chi connectivity index (χ3n) is 3.14. The quantitative estimate of drug-likeness (QED) is 0.805. The lowest BCUT2D eigenvalue weighted by Crippen LogP contribution is -2.59. The van der Waals surface area contributed by atoms with E-state index in [9.17, 15) is 9.59 Å². The van der Waals surface area contributed by atoms with Crippen LogP contribution in [-0.2, 0) is 20.7 Å². The van der Waals surface area contributed by atoms with Gasteiger partial charge in [0.05, 0.1) is 13.2 Å². The number of likely N-dealkylation sites (N-methyl/N-ethyl adjacent to an activating group) is 1. The highest BCUT2D eigenvalue weighted by molar-refractivity contribution is 7.09. The van der Waals surface area contributed by atoms with Crippen molar-refractivity contribution in [3.05, 3.63) is 22.4 Å². The van der Waals surface area contributed by atoms with Crippen molar-refractivity contribution in [2.45, 2.75) is 6.42 Å². The highest BCUT2D eigenvalue weighted by atomic mass is 32.1. The van der Waals surface area contributed by atoms with Crippen LogP contribution in [0.5, 0.6) is 0 Å². The Kier molecular flexibility index (Phi) is 3.68. The molecule has 98 valence electrons. The summed E-state index contributed by atoms with van der Waals surface area (Å²) in [6, 6.07) is 3.96. The van der Waals surface area contributed by atoms with Gasteiger partial charge in [-0.15, -0.1) is 11.3 Å². The second-order valence-electron chi connectivity index (χ2n) is 4.44. The molecule has 1 saturated heterocycles. The Hall–Kier alpha value is -1.40. The standard InChI is InChI=1S/C12H15NO4S/c1-13(5-4-9-3-2-6-18-9)10(14)12(11(15)16)7-17-8-12/h2-3,6H,4-5,7-8H2,1H3,(H,15,16). The second-order valence-corrected chi connectivity index (χ2v) is 5.47. The fourth-order valence-corrected chi connectivity index (χ4v) is 2.54. The lowest BCUT2D eigenvalue weighted by molar-refractivity contribution is -0.190. The van der Waals surface area contributed by atoms with Gasteiger partial charge in [0, 0.05) is 18.5 Å². The van der Waals surface area contributed by atoms with Crippen molar-refractivity contribution in [2.24, 2.45) is 5.41 Å². The van der Waals surface area contributed by atoms with Gasteiger partial charge in [-0.1, -0.05) is 6.07 Å². The van der Waals surface area contributed by atoms with Crippen LogP contribution in [0.25, 0.3) is 0 Å². The van der Waals surface area contributed by atoms with Gasteiger partial charge < -0.3 is 14.7 Å². The van der Waals surface area contributed by atoms with Crippen LogP contribution in [0, 0.1) is 5.41 Å². The fourth-order valence-electron chi connectivity index (χ4n) is 1.84. The molecule has 0 atom stereocenters. The average Bonchev–Trinajstić information content (AvgIpc) is 2.76. The van der Waals surface area contributed by atoms with Crippen LogP contribution in [0.2, 0.25) is 0 Å². The van der Waals surface area contributed by atoms with E-state index in [0.717, 1.165) is 6.42 Å². The van der Waals surface area contributed by atoms with Gasteiger partial charge in [0.1, 0.15) is 0 Å². The van der Waals surface area contributed by atoms with E-state index in [2.05, 4.69) is 0 Å². The molecule has 1 aliphatic heterocycles. The number of hydrogen-bond acceptors (Lipinski definition) is 4. The number of carbonyl (C=O) groups excluding carboxylic acids is 1. The minimum Gasteiger partial charge on any atom is -0.480 e. The molecule has 0 unspecified atom stereocenters. The van der Waals surface area contributed by atoms with Crippen LogP contribution < -0.4 is 0 Å². The second kappa shape index (κ2) is 5.07. The summed E-state index contributed by atoms with van der Waals surface area (Å²) in [7, 11) is 1.64. The van der Waals surface area contributed by atoms with E-state index in [1.807, 2.05) is 17.5 Å². The highest BCUT2D eigenvalue weighted by Crippen LogP contribution is 2.30. The van der Waals surface area contributed by atoms with Crippen molar-refractivity contribution < 1.29 is 19.4 Å². The van der Waals surface area contributed by atoms with Crippen molar-refractivity contribution >= 4 is 23.2 Å². The number of rotatable bonds is 5. The molecule has 0 saturated carbocycles. The molecular formula is C12H15NO4S. The number of carboxylic acids is 1. The Labute approximate surface area is 109 Å². The number of ether oxygens (including phenoxy) is 1. The van der Waals surface area contributed by atoms with Gasteiger partial charge in [0.2, 0.25) is 5.91 Å². The predicted molar refractivity (Wildman–Crippen MR) is 66.5 cm³/mol. The number of hydrogen-bond donors (Lipinski definition) is 1. The molecule has 1 aromatic rings. The van der Waals surface area contributed by atoms with Crippen molar-refractivity contribution in [1.82, 2.24) is 4.90 Å². The Morgan fingerprint density at radius 1 is 1.56 bits per heavy atom. The molecule has 2 heterocycles. The Balaban J connectivity index is 1.94. The Morgan fingerprint density at radius 2 is 2.28 bits per heavy atom. The lowest BCUT2D eigenvalue weighted by atomic mass is 9.84. The largest absolute Gasteiger partial charge is 0.480 e. The Bertz CT molecular complexity index is 439. The lowest BCUT2D eigenvalue weighted by Gasteiger charge is -2.38. The van der Waals surface area contributed by atoms with E-state index in [1.54, 1.807) is 18.4 Å². The average molecular weight is 269 g/mol. The molecule has 0 aromatic carbocycles. The van der Waals surface area contributed by atoms with Gasteiger partial charge in [-0.05, 0) is 17.9 Å². The van der Waals surface area contributed by atoms with E-state index in [4.69, 9.17) is 9.84 Å². The van der Waals surface area contributed by atoms with E-state index in [-0.39, 0.29) is 19.1 Å². The first-order valence-electron chi connectivity index (χ1n) is 5.65. The van der Waals surface area contributed by atoms with Gasteiger partial charge in [-0.2, -0.15) is 0 Å². The third kappa shape index (κ3) is 2.26. The summed E-state index contributed by atoms with van der Waals surface area (Å²) in [6.45, 7) is 0.476. The maximum Gasteiger partial charge on any atom is 0.324 e. The number of carboxylic acid groups (broad SMARTS) is 1. The predicted octanol–water partition coefficient (Wildman–Crippen LogP) is 0.850. The molecule has 1 aromatic heterocycles. The summed E-state index contributed by atoms with van der Waals surface area (Å²) in [5.74, 6) is -1.46. The Morgan fingerprint density at radius 3 is 2.72 bits per heavy atom. The van der Waals surface area contributed by atoms with Crippen molar-refractivity contribution in [1.29, 1.82) is 0 Å². The molecule has 18 heavy (non-hydrogen) atoms. The number of carbonyl (C=O) groups is 2. The summed E-state index contributed by atoms with van der Waals surface area (Å²) < 4.78 is 4.89. The fraction of sp³-hybridized carbons (Fsp3) is 0.500. The minimum absolute atomic E-state index is 0.0233. The molecule has 1 N–H and O–H groups in total. The SMILES string of the molecule is CN(CCc1cccs1)C(=O)C1(C(=O)O)COC1. The van der Waals surface area contributed by atoms with Gasteiger partial charge in [0.15, 0.2) is 5.41 Å². The molecule has 1 amide bonds. The normalized spacial score (nSPS) is 16.9. The molecule has 1 aliphatic rings. The van der Waals surface area contributed by atoms with Gasteiger partial charge in [-0.3, -0.25) is 9.59 Å². The topological polar surface area (TPSA) is 66.8 Å². The first kappa shape index (κ1) is 13.0. The zero-order chi connectivity index (χ0) is 13.2. The summed E-state index contributed by atoms with van der Waals surface area (Å²) in [5, 5.41) is 11.1. The molecule has 0 bridgehead atoms. The number of amides is 1. The third-order valence-corrected chi connectivity index (χ3v) is 4.07. The highest BCUT2D eigenvalue weighted by Gasteiger charge is 2.54. The van der Waals surface area contributed by atoms with E-state index in [1.165, 1.54) is 9.78 Å². The number of aliphatic carboxylic acids is 1. The molecule has 0 spiro atoms. The molecule has 0 aliphatic carbocycles. The zero-order valence-electron chi connectivity index (χ0n) is 10.1. The van der Waals surface area contributed by atoms with Crippen molar-refractivity contribution in [3.63, 3.8) is 0 Å². The number of nitrogens with zero attached hydrogens (tertiary/aromatic N) is 1. The summed E-state index contributed by atoms with van der Waals surface area (Å²) in [4.78, 5) is 25.9. The van der Waals surface area contributed by atoms with E-state index in [0.29, 0.717) is 6.54 Å². The maximum atomic E-state index is 12.1. The molecule has 5 nitrogen and oxygen atoms in total. The van der Waals surface area contributed by atoms with Gasteiger partial charge >= 0.3 is 5.97 Å². The first-order valence-corrected chi connectivity index (χ1v) is 6.53. The van der Waals surface area contributed by atoms with Crippen molar-refractivity contribution in [2.75, 3.05) is 26.8 Å². The summed E-state index contributed by atoms with van der Waals surface area (Å²) in [6.07, 6.45) is 0.746. The van der Waals surface area contributed by atoms with Crippen LogP contribution in [-0.4, -0.2) is 48.7 Å². The molecule has 2 rings (SSSR count). The summed E-state index contributed by atoms with van der Waals surface area (Å²) in [5.41, 5.74) is -1.36. The number of thiophene rings is 1. The van der Waals surface area contributed by atoms with Crippen molar-refractivity contribution in [3.8, 4) is 0 Å². The van der Waals surface area contributed by atoms with E-state index >= 15 is 0 Å². The van der Waals surface area contributed by atoms with Crippen LogP contribution in [0.1, 0.15) is 4.88 Å². The zero-order valence-corrected chi connectivity index (χ0v) is 10.9.